The Bertz CT molecular complexity index is 1240. The minimum absolute atomic E-state index is 0.212. The summed E-state index contributed by atoms with van der Waals surface area (Å²) >= 11 is 1.09. The maximum absolute atomic E-state index is 13.1. The molecule has 2 N–H and O–H groups in total. The van der Waals surface area contributed by atoms with Gasteiger partial charge in [-0.1, -0.05) is 29.5 Å². The molecule has 0 unspecified atom stereocenters. The number of piperazine rings is 1. The number of hydrogen-bond donors (Lipinski definition) is 2. The third kappa shape index (κ3) is 5.91. The van der Waals surface area contributed by atoms with Gasteiger partial charge < -0.3 is 15.1 Å². The lowest BCUT2D eigenvalue weighted by Crippen LogP contribution is -2.48. The number of nitrogens with one attached hydrogen (secondary N) is 2. The largest absolute Gasteiger partial charge is 0.416 e. The molecule has 1 saturated heterocycles. The zero-order chi connectivity index (χ0) is 25.2. The number of benzene rings is 2. The Labute approximate surface area is 204 Å². The van der Waals surface area contributed by atoms with Crippen LogP contribution in [0.25, 0.3) is 0 Å². The van der Waals surface area contributed by atoms with E-state index >= 15 is 0 Å². The van der Waals surface area contributed by atoms with Crippen molar-refractivity contribution in [1.29, 1.82) is 0 Å². The van der Waals surface area contributed by atoms with Gasteiger partial charge in [0.1, 0.15) is 4.88 Å². The molecule has 1 fully saturated rings. The number of aryl methyl sites for hydroxylation is 2. The summed E-state index contributed by atoms with van der Waals surface area (Å²) in [6, 6.07) is 12.1. The van der Waals surface area contributed by atoms with Gasteiger partial charge in [0.2, 0.25) is 0 Å². The maximum atomic E-state index is 13.1. The van der Waals surface area contributed by atoms with Crippen LogP contribution < -0.4 is 15.5 Å². The second-order valence-corrected chi connectivity index (χ2v) is 9.21. The molecule has 1 aliphatic heterocycles. The molecule has 11 heteroatoms. The van der Waals surface area contributed by atoms with Crippen molar-refractivity contribution in [2.24, 2.45) is 0 Å². The highest BCUT2D eigenvalue weighted by atomic mass is 32.1. The van der Waals surface area contributed by atoms with Crippen LogP contribution in [0.3, 0.4) is 0 Å². The summed E-state index contributed by atoms with van der Waals surface area (Å²) in [4.78, 5) is 33.6. The molecular weight excluding hydrogens is 479 g/mol. The van der Waals surface area contributed by atoms with Crippen molar-refractivity contribution in [1.82, 2.24) is 9.88 Å². The molecule has 35 heavy (non-hydrogen) atoms. The van der Waals surface area contributed by atoms with E-state index in [0.29, 0.717) is 53.3 Å². The number of amides is 3. The summed E-state index contributed by atoms with van der Waals surface area (Å²) < 4.78 is 39.1. The Balaban J connectivity index is 1.36. The summed E-state index contributed by atoms with van der Waals surface area (Å²) in [5.41, 5.74) is 1.94. The van der Waals surface area contributed by atoms with Crippen molar-refractivity contribution < 1.29 is 22.8 Å². The highest BCUT2D eigenvalue weighted by Gasteiger charge is 2.31. The molecule has 4 rings (SSSR count). The van der Waals surface area contributed by atoms with Gasteiger partial charge in [0, 0.05) is 37.6 Å². The Kier molecular flexibility index (Phi) is 6.97. The first-order valence-electron chi connectivity index (χ1n) is 10.9. The number of nitrogens with zero attached hydrogens (tertiary/aromatic N) is 3. The van der Waals surface area contributed by atoms with E-state index in [1.807, 2.05) is 30.0 Å². The van der Waals surface area contributed by atoms with E-state index in [9.17, 15) is 22.8 Å². The van der Waals surface area contributed by atoms with Crippen LogP contribution in [-0.4, -0.2) is 48.0 Å². The average Bonchev–Trinajstić information content (AvgIpc) is 3.17. The quantitative estimate of drug-likeness (QED) is 0.501. The number of anilines is 3. The molecule has 1 aromatic heterocycles. The Hall–Kier alpha value is -3.60. The predicted octanol–water partition coefficient (Wildman–Crippen LogP) is 5.39. The number of hydrogen-bond acceptors (Lipinski definition) is 5. The number of carbonyl (C=O) groups excluding carboxylic acids is 2. The van der Waals surface area contributed by atoms with Crippen molar-refractivity contribution in [2.45, 2.75) is 20.0 Å². The molecule has 1 aliphatic rings. The summed E-state index contributed by atoms with van der Waals surface area (Å²) in [6.07, 6.45) is -4.40. The highest BCUT2D eigenvalue weighted by molar-refractivity contribution is 7.17. The third-order valence-corrected chi connectivity index (χ3v) is 6.65. The predicted molar refractivity (Wildman–Crippen MR) is 130 cm³/mol. The van der Waals surface area contributed by atoms with Crippen molar-refractivity contribution in [3.63, 3.8) is 0 Å². The lowest BCUT2D eigenvalue weighted by Gasteiger charge is -2.36. The Morgan fingerprint density at radius 1 is 0.971 bits per heavy atom. The van der Waals surface area contributed by atoms with Gasteiger partial charge in [-0.3, -0.25) is 10.1 Å². The van der Waals surface area contributed by atoms with Crippen LogP contribution in [0.2, 0.25) is 0 Å². The van der Waals surface area contributed by atoms with Crippen LogP contribution in [0.4, 0.5) is 34.5 Å². The first-order valence-corrected chi connectivity index (χ1v) is 11.8. The van der Waals surface area contributed by atoms with Crippen LogP contribution >= 0.6 is 11.3 Å². The van der Waals surface area contributed by atoms with Gasteiger partial charge in [-0.25, -0.2) is 9.78 Å². The van der Waals surface area contributed by atoms with E-state index < -0.39 is 17.8 Å². The molecule has 2 aromatic carbocycles. The monoisotopic (exact) mass is 503 g/mol. The Morgan fingerprint density at radius 3 is 2.37 bits per heavy atom. The van der Waals surface area contributed by atoms with Gasteiger partial charge in [-0.05, 0) is 49.7 Å². The first-order chi connectivity index (χ1) is 16.6. The minimum Gasteiger partial charge on any atom is -0.368 e. The van der Waals surface area contributed by atoms with Crippen molar-refractivity contribution >= 4 is 39.8 Å². The zero-order valence-corrected chi connectivity index (χ0v) is 20.0. The van der Waals surface area contributed by atoms with E-state index in [0.717, 1.165) is 29.0 Å². The zero-order valence-electron chi connectivity index (χ0n) is 19.1. The van der Waals surface area contributed by atoms with Gasteiger partial charge in [0.05, 0.1) is 11.3 Å². The number of rotatable bonds is 4. The van der Waals surface area contributed by atoms with Gasteiger partial charge in [0.25, 0.3) is 5.91 Å². The molecule has 0 aliphatic carbocycles. The van der Waals surface area contributed by atoms with Crippen LogP contribution in [0.1, 0.15) is 26.5 Å². The van der Waals surface area contributed by atoms with E-state index in [4.69, 9.17) is 0 Å². The van der Waals surface area contributed by atoms with Gasteiger partial charge in [-0.2, -0.15) is 13.2 Å². The molecule has 3 aromatic rings. The molecule has 2 heterocycles. The molecular formula is C24H24F3N5O2S. The number of alkyl halides is 3. The van der Waals surface area contributed by atoms with E-state index in [1.54, 1.807) is 24.0 Å². The molecule has 7 nitrogen and oxygen atoms in total. The lowest BCUT2D eigenvalue weighted by molar-refractivity contribution is -0.137. The number of thiazole rings is 1. The molecule has 0 saturated carbocycles. The second kappa shape index (κ2) is 9.95. The van der Waals surface area contributed by atoms with Crippen molar-refractivity contribution in [2.75, 3.05) is 41.7 Å². The number of aromatic nitrogens is 1. The van der Waals surface area contributed by atoms with Crippen LogP contribution in [-0.2, 0) is 6.18 Å². The van der Waals surface area contributed by atoms with Gasteiger partial charge in [-0.15, -0.1) is 0 Å². The second-order valence-electron chi connectivity index (χ2n) is 8.21. The fraction of sp³-hybridized carbons (Fsp3) is 0.292. The summed E-state index contributed by atoms with van der Waals surface area (Å²) in [5.74, 6) is -0.212. The van der Waals surface area contributed by atoms with Gasteiger partial charge in [0.15, 0.2) is 5.13 Å². The molecule has 0 spiro atoms. The molecule has 3 amide bonds. The van der Waals surface area contributed by atoms with Crippen LogP contribution in [0.5, 0.6) is 0 Å². The van der Waals surface area contributed by atoms with Crippen LogP contribution in [0, 0.1) is 13.8 Å². The standard InChI is InChI=1S/C24H24F3N5O2S/c1-15-5-3-7-18(13-15)29-22(34)30-23-28-16(2)20(35-23)21(33)32-11-9-31(10-12-32)19-8-4-6-17(14-19)24(25,26)27/h3-8,13-14H,9-12H2,1-2H3,(H2,28,29,30,34). The smallest absolute Gasteiger partial charge is 0.368 e. The summed E-state index contributed by atoms with van der Waals surface area (Å²) in [5, 5.41) is 5.70. The molecule has 184 valence electrons. The first kappa shape index (κ1) is 24.5. The number of carbonyl (C=O) groups is 2. The SMILES string of the molecule is Cc1cccc(NC(=O)Nc2nc(C)c(C(=O)N3CCN(c4cccc(C(F)(F)F)c4)CC3)s2)c1. The van der Waals surface area contributed by atoms with Crippen molar-refractivity contribution in [3.8, 4) is 0 Å². The Morgan fingerprint density at radius 2 is 1.69 bits per heavy atom. The average molecular weight is 504 g/mol. The minimum atomic E-state index is -4.40. The summed E-state index contributed by atoms with van der Waals surface area (Å²) in [6.45, 7) is 5.17. The molecule has 0 radical (unpaired) electrons. The molecule has 0 atom stereocenters. The highest BCUT2D eigenvalue weighted by Crippen LogP contribution is 2.32. The van der Waals surface area contributed by atoms with Crippen LogP contribution in [0.15, 0.2) is 48.5 Å². The lowest BCUT2D eigenvalue weighted by atomic mass is 10.1. The maximum Gasteiger partial charge on any atom is 0.416 e. The van der Waals surface area contributed by atoms with Crippen molar-refractivity contribution in [3.05, 3.63) is 70.2 Å². The van der Waals surface area contributed by atoms with E-state index in [2.05, 4.69) is 15.6 Å². The normalized spacial score (nSPS) is 14.1. The van der Waals surface area contributed by atoms with E-state index in [-0.39, 0.29) is 5.91 Å². The summed E-state index contributed by atoms with van der Waals surface area (Å²) in [7, 11) is 0. The van der Waals surface area contributed by atoms with E-state index in [1.165, 1.54) is 6.07 Å². The number of urea groups is 1. The third-order valence-electron chi connectivity index (χ3n) is 5.59. The number of halogens is 3. The topological polar surface area (TPSA) is 77.6 Å². The molecule has 0 bridgehead atoms. The van der Waals surface area contributed by atoms with Gasteiger partial charge >= 0.3 is 12.2 Å². The fourth-order valence-electron chi connectivity index (χ4n) is 3.82. The fourth-order valence-corrected chi connectivity index (χ4v) is 4.75.